The first kappa shape index (κ1) is 95.5. The number of fused-ring (bicyclic) bond motifs is 4. The van der Waals surface area contributed by atoms with Crippen LogP contribution < -0.4 is 21.0 Å². The number of carbonyl (C=O) groups is 3. The SMILES string of the molecule is CC(Cc1ccc(O)c(O)c1)C(C)Cc1ccc(O)c(O)c1.O=C1/C(=C\c2ccc(O)c(O)c2)Oc2cc(O)ccc21.O=C1OC(C(O)CO)C(O)=C1O.O=C1OC(C(O)CO)C(O)=C1O.O=c1c(O)c(-c2ccc(O)c(O)c2)oc2cc(O)cc(O)c12.O=c1c(O)c(-c2ccc(O)c(O)c2)oc2cc(O)cc(O)c12.O=c1c(O)c(-c2ccc(O)cc2)oc2cc(O)cc(O)c12. The van der Waals surface area contributed by atoms with E-state index in [1.165, 1.54) is 91.0 Å². The topological polar surface area (TPSA) is 756 Å². The number of phenolic OH excluding ortho intramolecular Hbond substituents is 18. The highest BCUT2D eigenvalue weighted by Crippen LogP contribution is 2.43. The summed E-state index contributed by atoms with van der Waals surface area (Å²) in [6.45, 7) is 2.92. The van der Waals surface area contributed by atoms with Crippen molar-refractivity contribution in [3.63, 3.8) is 0 Å². The highest BCUT2D eigenvalue weighted by atomic mass is 16.6. The molecule has 0 radical (unpaired) electrons. The molecule has 0 saturated carbocycles. The Morgan fingerprint density at radius 2 is 0.656 bits per heavy atom. The molecule has 131 heavy (non-hydrogen) atoms. The molecular formula is C90H78O41. The molecule has 3 aromatic heterocycles. The minimum atomic E-state index is -1.42. The van der Waals surface area contributed by atoms with Crippen LogP contribution in [0.25, 0.3) is 73.0 Å². The zero-order valence-corrected chi connectivity index (χ0v) is 67.4. The van der Waals surface area contributed by atoms with Crippen LogP contribution >= 0.6 is 0 Å². The molecule has 41 heteroatoms. The Morgan fingerprint density at radius 1 is 0.328 bits per heavy atom. The Hall–Kier alpha value is -17.7. The van der Waals surface area contributed by atoms with Gasteiger partial charge in [0.15, 0.2) is 104 Å². The lowest BCUT2D eigenvalue weighted by molar-refractivity contribution is -0.148. The largest absolute Gasteiger partial charge is 0.508 e. The number of cyclic esters (lactones) is 2. The number of hydrogen-bond donors (Lipinski definition) is 29. The molecule has 0 fully saturated rings. The Labute approximate surface area is 731 Å². The molecular weight excluding hydrogens is 1740 g/mol. The highest BCUT2D eigenvalue weighted by Gasteiger charge is 2.40. The van der Waals surface area contributed by atoms with Crippen LogP contribution in [0.3, 0.4) is 0 Å². The van der Waals surface area contributed by atoms with Crippen molar-refractivity contribution >= 4 is 56.7 Å². The second-order valence-corrected chi connectivity index (χ2v) is 28.8. The minimum absolute atomic E-state index is 0.0140. The maximum Gasteiger partial charge on any atom is 0.377 e. The van der Waals surface area contributed by atoms with Gasteiger partial charge >= 0.3 is 11.9 Å². The molecule has 16 rings (SSSR count). The number of ether oxygens (including phenoxy) is 3. The molecule has 0 amide bonds. The molecule has 29 N–H and O–H groups in total. The number of hydrogen-bond acceptors (Lipinski definition) is 41. The lowest BCUT2D eigenvalue weighted by Crippen LogP contribution is -2.31. The number of benzene rings is 10. The predicted molar refractivity (Wildman–Crippen MR) is 454 cm³/mol. The van der Waals surface area contributed by atoms with E-state index < -0.39 is 135 Å². The zero-order valence-electron chi connectivity index (χ0n) is 67.4. The van der Waals surface area contributed by atoms with Crippen molar-refractivity contribution in [3.05, 3.63) is 252 Å². The lowest BCUT2D eigenvalue weighted by atomic mass is 9.85. The second kappa shape index (κ2) is 40.1. The molecule has 6 heterocycles. The van der Waals surface area contributed by atoms with Crippen molar-refractivity contribution in [1.82, 2.24) is 0 Å². The summed E-state index contributed by atoms with van der Waals surface area (Å²) in [4.78, 5) is 69.5. The van der Waals surface area contributed by atoms with Crippen molar-refractivity contribution in [2.24, 2.45) is 11.8 Å². The first-order chi connectivity index (χ1) is 61.8. The van der Waals surface area contributed by atoms with Gasteiger partial charge in [0, 0.05) is 59.2 Å². The minimum Gasteiger partial charge on any atom is -0.508 e. The molecule has 41 nitrogen and oxygen atoms in total. The lowest BCUT2D eigenvalue weighted by Gasteiger charge is -2.20. The number of phenols is 18. The molecule has 0 spiro atoms. The van der Waals surface area contributed by atoms with Gasteiger partial charge in [-0.3, -0.25) is 19.2 Å². The van der Waals surface area contributed by atoms with Crippen molar-refractivity contribution in [2.75, 3.05) is 13.2 Å². The molecule has 0 bridgehead atoms. The summed E-state index contributed by atoms with van der Waals surface area (Å²) in [5.41, 5.74) is 0.559. The van der Waals surface area contributed by atoms with Crippen LogP contribution in [0.5, 0.6) is 126 Å². The first-order valence-corrected chi connectivity index (χ1v) is 37.8. The van der Waals surface area contributed by atoms with Crippen LogP contribution in [0.2, 0.25) is 0 Å². The first-order valence-electron chi connectivity index (χ1n) is 37.8. The van der Waals surface area contributed by atoms with Crippen LogP contribution in [-0.4, -0.2) is 203 Å². The van der Waals surface area contributed by atoms with Gasteiger partial charge in [-0.1, -0.05) is 32.0 Å². The van der Waals surface area contributed by atoms with Crippen LogP contribution in [0.4, 0.5) is 0 Å². The van der Waals surface area contributed by atoms with Crippen LogP contribution in [0.15, 0.2) is 226 Å². The maximum absolute atomic E-state index is 12.1. The molecule has 0 saturated heterocycles. The number of allylic oxidation sites excluding steroid dienone is 1. The third-order valence-electron chi connectivity index (χ3n) is 19.5. The van der Waals surface area contributed by atoms with E-state index in [2.05, 4.69) is 23.3 Å². The summed E-state index contributed by atoms with van der Waals surface area (Å²) < 4.78 is 30.1. The van der Waals surface area contributed by atoms with Gasteiger partial charge in [-0.2, -0.15) is 0 Å². The third kappa shape index (κ3) is 21.8. The monoisotopic (exact) mass is 1810 g/mol. The summed E-state index contributed by atoms with van der Waals surface area (Å²) in [5, 5.41) is 269. The number of aliphatic hydroxyl groups is 8. The van der Waals surface area contributed by atoms with Crippen LogP contribution in [0, 0.1) is 11.8 Å². The van der Waals surface area contributed by atoms with E-state index in [4.69, 9.17) is 58.8 Å². The smallest absolute Gasteiger partial charge is 0.377 e. The molecule has 10 aromatic carbocycles. The van der Waals surface area contributed by atoms with Crippen LogP contribution in [-0.2, 0) is 31.9 Å². The molecule has 6 atom stereocenters. The van der Waals surface area contributed by atoms with Gasteiger partial charge in [-0.25, -0.2) is 9.59 Å². The Balaban J connectivity index is 0.000000160. The molecule has 684 valence electrons. The standard InChI is InChI=1S/C18H22O4.2C15H10O7.C15H10O6.C15H10O5.2C6H8O6/c1-11(7-13-3-5-15(19)17(21)9-13)12(2)8-14-4-6-16(20)18(22)10-14;2*16-7-4-10(19)12-11(5-7)22-15(14(21)13(12)20)6-1-2-8(17)9(18)3-6;16-8-3-1-7(2-4-8)15-14(20)13(19)12-10(18)5-9(17)6-11(12)21-15;16-9-2-3-10-13(7-9)20-14(15(10)19)6-8-1-4-11(17)12(18)5-8;2*7-1-2(8)5-3(9)4(10)6(11)12-5/h3-6,9-12,19-22H,7-8H2,1-2H3;2*1-5,16-19,21H;1-6,16-18,20H;1-7,16-18H;2*2,5,7-10H,1H2/b;;;;14-6+;;. The Bertz CT molecular complexity index is 6590. The van der Waals surface area contributed by atoms with Crippen LogP contribution in [0.1, 0.15) is 40.9 Å². The quantitative estimate of drug-likeness (QED) is 0.0290. The predicted octanol–water partition coefficient (Wildman–Crippen LogP) is 9.43. The molecule has 0 aliphatic carbocycles. The van der Waals surface area contributed by atoms with E-state index in [1.54, 1.807) is 18.2 Å². The van der Waals surface area contributed by atoms with Gasteiger partial charge in [-0.05, 0) is 157 Å². The highest BCUT2D eigenvalue weighted by molar-refractivity contribution is 6.14. The summed E-state index contributed by atoms with van der Waals surface area (Å²) in [5.74, 6) is -12.6. The van der Waals surface area contributed by atoms with Gasteiger partial charge in [0.2, 0.25) is 50.8 Å². The number of Topliss-reactive ketones (excluding diaryl/α,β-unsaturated/α-hetero) is 1. The van der Waals surface area contributed by atoms with Crippen molar-refractivity contribution < 1.29 is 190 Å². The van der Waals surface area contributed by atoms with Gasteiger partial charge in [0.1, 0.15) is 96.9 Å². The van der Waals surface area contributed by atoms with E-state index in [0.29, 0.717) is 34.3 Å². The normalized spacial score (nSPS) is 14.8. The summed E-state index contributed by atoms with van der Waals surface area (Å²) in [6.07, 6.45) is -2.52. The average Bonchev–Trinajstić information content (AvgIpc) is 1.39. The third-order valence-corrected chi connectivity index (χ3v) is 19.5. The summed E-state index contributed by atoms with van der Waals surface area (Å²) >= 11 is 0. The Morgan fingerprint density at radius 3 is 0.992 bits per heavy atom. The van der Waals surface area contributed by atoms with E-state index in [-0.39, 0.29) is 148 Å². The fourth-order valence-corrected chi connectivity index (χ4v) is 12.5. The second-order valence-electron chi connectivity index (χ2n) is 28.8. The van der Waals surface area contributed by atoms with Crippen molar-refractivity contribution in [2.45, 2.75) is 51.1 Å². The number of aromatic hydroxyl groups is 21. The fourth-order valence-electron chi connectivity index (χ4n) is 12.5. The zero-order chi connectivity index (χ0) is 96.3. The van der Waals surface area contributed by atoms with Crippen molar-refractivity contribution in [1.29, 1.82) is 0 Å². The van der Waals surface area contributed by atoms with E-state index in [1.807, 2.05) is 12.1 Å². The molecule has 3 aliphatic rings. The fraction of sp³-hybridized carbons (Fsp3) is 0.133. The van der Waals surface area contributed by atoms with Gasteiger partial charge in [0.25, 0.3) is 0 Å². The van der Waals surface area contributed by atoms with Gasteiger partial charge in [0.05, 0.1) is 18.8 Å². The summed E-state index contributed by atoms with van der Waals surface area (Å²) in [6, 6.07) is 37.3. The van der Waals surface area contributed by atoms with Crippen molar-refractivity contribution in [3.8, 4) is 160 Å². The number of aliphatic hydroxyl groups excluding tert-OH is 8. The number of carbonyl (C=O) groups excluding carboxylic acids is 3. The summed E-state index contributed by atoms with van der Waals surface area (Å²) in [7, 11) is 0. The van der Waals surface area contributed by atoms with Gasteiger partial charge in [-0.15, -0.1) is 0 Å². The van der Waals surface area contributed by atoms with E-state index in [9.17, 15) is 136 Å². The van der Waals surface area contributed by atoms with E-state index in [0.717, 1.165) is 78.6 Å². The number of rotatable bonds is 13. The van der Waals surface area contributed by atoms with E-state index >= 15 is 0 Å². The number of esters is 2. The maximum atomic E-state index is 12.1. The molecule has 13 aromatic rings. The number of ketones is 1. The molecule has 6 unspecified atom stereocenters. The molecule has 3 aliphatic heterocycles. The van der Waals surface area contributed by atoms with Gasteiger partial charge < -0.3 is 176 Å². The Kier molecular flexibility index (Phi) is 29.2. The average molecular weight is 1820 g/mol.